The number of benzene rings is 2. The fraction of sp³-hybridized carbons (Fsp3) is 0.409. The summed E-state index contributed by atoms with van der Waals surface area (Å²) >= 11 is 0. The van der Waals surface area contributed by atoms with Gasteiger partial charge in [0.05, 0.1) is 19.8 Å². The van der Waals surface area contributed by atoms with Crippen molar-refractivity contribution in [1.82, 2.24) is 0 Å². The van der Waals surface area contributed by atoms with Crippen LogP contribution >= 0.6 is 0 Å². The summed E-state index contributed by atoms with van der Waals surface area (Å²) in [5, 5.41) is 0. The predicted molar refractivity (Wildman–Crippen MR) is 101 cm³/mol. The second kappa shape index (κ2) is 9.91. The molecule has 1 fully saturated rings. The molecule has 0 aliphatic carbocycles. The number of carbonyl (C=O) groups is 1. The van der Waals surface area contributed by atoms with Crippen LogP contribution in [-0.2, 0) is 37.0 Å². The van der Waals surface area contributed by atoms with Gasteiger partial charge in [0, 0.05) is 6.92 Å². The van der Waals surface area contributed by atoms with Crippen molar-refractivity contribution in [2.45, 2.75) is 44.3 Å². The van der Waals surface area contributed by atoms with Gasteiger partial charge in [-0.3, -0.25) is 4.79 Å². The van der Waals surface area contributed by atoms with E-state index in [1.54, 1.807) is 0 Å². The lowest BCUT2D eigenvalue weighted by Crippen LogP contribution is -2.49. The summed E-state index contributed by atoms with van der Waals surface area (Å²) in [5.74, 6) is -0.766. The van der Waals surface area contributed by atoms with Gasteiger partial charge in [-0.15, -0.1) is 0 Å². The van der Waals surface area contributed by atoms with E-state index in [1.165, 1.54) is 0 Å². The highest BCUT2D eigenvalue weighted by atomic mass is 19.2. The van der Waals surface area contributed by atoms with E-state index in [-0.39, 0.29) is 19.8 Å². The van der Waals surface area contributed by atoms with Crippen molar-refractivity contribution in [3.63, 3.8) is 0 Å². The molecule has 0 spiro atoms. The van der Waals surface area contributed by atoms with E-state index in [4.69, 9.17) is 18.9 Å². The fourth-order valence-corrected chi connectivity index (χ4v) is 3.20. The molecule has 4 atom stereocenters. The molecule has 0 bridgehead atoms. The lowest BCUT2D eigenvalue weighted by molar-refractivity contribution is -0.198. The third-order valence-corrected chi connectivity index (χ3v) is 4.64. The van der Waals surface area contributed by atoms with E-state index >= 15 is 4.39 Å². The van der Waals surface area contributed by atoms with E-state index in [2.05, 4.69) is 0 Å². The van der Waals surface area contributed by atoms with Crippen LogP contribution in [0, 0.1) is 0 Å². The molecule has 1 aliphatic heterocycles. The van der Waals surface area contributed by atoms with Gasteiger partial charge in [0.25, 0.3) is 0 Å². The van der Waals surface area contributed by atoms with E-state index < -0.39 is 36.8 Å². The van der Waals surface area contributed by atoms with Gasteiger partial charge in [-0.2, -0.15) is 0 Å². The smallest absolute Gasteiger partial charge is 0.305 e. The van der Waals surface area contributed by atoms with E-state index in [1.807, 2.05) is 60.7 Å². The van der Waals surface area contributed by atoms with Crippen LogP contribution in [-0.4, -0.2) is 43.4 Å². The Hall–Kier alpha value is -2.35. The Balaban J connectivity index is 1.70. The van der Waals surface area contributed by atoms with E-state index in [0.717, 1.165) is 18.1 Å². The summed E-state index contributed by atoms with van der Waals surface area (Å²) in [4.78, 5) is 11.3. The van der Waals surface area contributed by atoms with Crippen molar-refractivity contribution in [1.29, 1.82) is 0 Å². The molecule has 7 heteroatoms. The molecule has 0 aromatic heterocycles. The molecule has 29 heavy (non-hydrogen) atoms. The summed E-state index contributed by atoms with van der Waals surface area (Å²) in [6.45, 7) is -0.0137. The molecule has 0 saturated carbocycles. The van der Waals surface area contributed by atoms with Crippen molar-refractivity contribution >= 4 is 5.97 Å². The first-order chi connectivity index (χ1) is 14.0. The average molecular weight is 406 g/mol. The standard InChI is InChI=1S/C22H24F2O5/c1-16(25)28-21-22(24,15-23)20(27-13-18-10-6-3-7-11-18)19(29-21)14-26-12-17-8-4-2-5-9-17/h2-11,19-21H,12-15H2,1H3/t19-,20+,21-,22?/m1/s1. The van der Waals surface area contributed by atoms with Gasteiger partial charge in [0.1, 0.15) is 18.9 Å². The summed E-state index contributed by atoms with van der Waals surface area (Å²) in [6, 6.07) is 18.5. The Morgan fingerprint density at radius 1 is 1.03 bits per heavy atom. The third-order valence-electron chi connectivity index (χ3n) is 4.64. The van der Waals surface area contributed by atoms with Crippen LogP contribution in [0.5, 0.6) is 0 Å². The monoisotopic (exact) mass is 406 g/mol. The van der Waals surface area contributed by atoms with Gasteiger partial charge in [-0.1, -0.05) is 60.7 Å². The number of hydrogen-bond donors (Lipinski definition) is 0. The van der Waals surface area contributed by atoms with Crippen molar-refractivity contribution < 1.29 is 32.5 Å². The van der Waals surface area contributed by atoms with Crippen LogP contribution in [0.25, 0.3) is 0 Å². The lowest BCUT2D eigenvalue weighted by Gasteiger charge is -2.28. The van der Waals surface area contributed by atoms with E-state index in [9.17, 15) is 9.18 Å². The quantitative estimate of drug-likeness (QED) is 0.594. The number of esters is 1. The second-order valence-electron chi connectivity index (χ2n) is 6.89. The SMILES string of the molecule is CC(=O)O[C@@H]1O[C@H](COCc2ccccc2)[C@H](OCc2ccccc2)C1(F)CF. The molecule has 0 radical (unpaired) electrons. The maximum absolute atomic E-state index is 15.5. The Morgan fingerprint density at radius 2 is 1.62 bits per heavy atom. The van der Waals surface area contributed by atoms with Gasteiger partial charge in [-0.25, -0.2) is 8.78 Å². The highest BCUT2D eigenvalue weighted by Crippen LogP contribution is 2.39. The van der Waals surface area contributed by atoms with Gasteiger partial charge >= 0.3 is 5.97 Å². The summed E-state index contributed by atoms with van der Waals surface area (Å²) in [7, 11) is 0. The number of ether oxygens (including phenoxy) is 4. The first-order valence-electron chi connectivity index (χ1n) is 9.37. The van der Waals surface area contributed by atoms with Crippen LogP contribution in [0.15, 0.2) is 60.7 Å². The van der Waals surface area contributed by atoms with Crippen LogP contribution in [0.4, 0.5) is 8.78 Å². The summed E-state index contributed by atoms with van der Waals surface area (Å²) < 4.78 is 51.0. The molecular formula is C22H24F2O5. The van der Waals surface area contributed by atoms with Crippen LogP contribution in [0.1, 0.15) is 18.1 Å². The molecule has 0 amide bonds. The van der Waals surface area contributed by atoms with E-state index in [0.29, 0.717) is 0 Å². The molecule has 156 valence electrons. The minimum absolute atomic E-state index is 0.0439. The third kappa shape index (κ3) is 5.38. The molecule has 2 aromatic rings. The Morgan fingerprint density at radius 3 is 2.17 bits per heavy atom. The zero-order chi connectivity index (χ0) is 20.7. The van der Waals surface area contributed by atoms with Crippen molar-refractivity contribution in [3.8, 4) is 0 Å². The molecule has 3 rings (SSSR count). The number of hydrogen-bond acceptors (Lipinski definition) is 5. The molecule has 1 saturated heterocycles. The largest absolute Gasteiger partial charge is 0.432 e. The maximum Gasteiger partial charge on any atom is 0.305 e. The highest BCUT2D eigenvalue weighted by Gasteiger charge is 2.61. The maximum atomic E-state index is 15.5. The zero-order valence-electron chi connectivity index (χ0n) is 16.1. The van der Waals surface area contributed by atoms with Gasteiger partial charge in [0.15, 0.2) is 0 Å². The van der Waals surface area contributed by atoms with Crippen LogP contribution in [0.2, 0.25) is 0 Å². The molecule has 2 aromatic carbocycles. The topological polar surface area (TPSA) is 54.0 Å². The molecule has 1 aliphatic rings. The van der Waals surface area contributed by atoms with Gasteiger partial charge in [-0.05, 0) is 11.1 Å². The fourth-order valence-electron chi connectivity index (χ4n) is 3.20. The van der Waals surface area contributed by atoms with Gasteiger partial charge in [0.2, 0.25) is 12.0 Å². The average Bonchev–Trinajstić information content (AvgIpc) is 2.99. The first-order valence-corrected chi connectivity index (χ1v) is 9.37. The lowest BCUT2D eigenvalue weighted by atomic mass is 9.98. The molecule has 1 heterocycles. The Labute approximate surface area is 168 Å². The number of alkyl halides is 2. The molecule has 1 unspecified atom stereocenters. The molecular weight excluding hydrogens is 382 g/mol. The number of halogens is 2. The number of rotatable bonds is 9. The normalized spacial score (nSPS) is 26.4. The second-order valence-corrected chi connectivity index (χ2v) is 6.89. The van der Waals surface area contributed by atoms with Crippen molar-refractivity contribution in [3.05, 3.63) is 71.8 Å². The van der Waals surface area contributed by atoms with Crippen LogP contribution in [0.3, 0.4) is 0 Å². The first kappa shape index (κ1) is 21.4. The predicted octanol–water partition coefficient (Wildman–Crippen LogP) is 3.75. The van der Waals surface area contributed by atoms with Gasteiger partial charge < -0.3 is 18.9 Å². The zero-order valence-corrected chi connectivity index (χ0v) is 16.1. The minimum atomic E-state index is -2.62. The molecule has 5 nitrogen and oxygen atoms in total. The van der Waals surface area contributed by atoms with Crippen molar-refractivity contribution in [2.24, 2.45) is 0 Å². The summed E-state index contributed by atoms with van der Waals surface area (Å²) in [5.41, 5.74) is -0.893. The molecule has 0 N–H and O–H groups in total. The van der Waals surface area contributed by atoms with Crippen molar-refractivity contribution in [2.75, 3.05) is 13.3 Å². The Bertz CT molecular complexity index is 773. The highest BCUT2D eigenvalue weighted by molar-refractivity contribution is 5.66. The Kier molecular flexibility index (Phi) is 7.30. The number of carbonyl (C=O) groups excluding carboxylic acids is 1. The minimum Gasteiger partial charge on any atom is -0.432 e. The summed E-state index contributed by atoms with van der Waals surface area (Å²) in [6.07, 6.45) is -3.93. The van der Waals surface area contributed by atoms with Crippen LogP contribution < -0.4 is 0 Å².